The van der Waals surface area contributed by atoms with Crippen LogP contribution in [0.25, 0.3) is 5.65 Å². The van der Waals surface area contributed by atoms with Gasteiger partial charge < -0.3 is 11.1 Å². The first-order valence-electron chi connectivity index (χ1n) is 5.69. The molecule has 0 radical (unpaired) electrons. The van der Waals surface area contributed by atoms with E-state index in [0.29, 0.717) is 18.1 Å². The zero-order chi connectivity index (χ0) is 12.3. The highest BCUT2D eigenvalue weighted by Crippen LogP contribution is 2.11. The molecule has 0 amide bonds. The number of tetrazole rings is 1. The fourth-order valence-corrected chi connectivity index (χ4v) is 1.77. The summed E-state index contributed by atoms with van der Waals surface area (Å²) in [4.78, 5) is 4.08. The SMILES string of the molecule is CC(C)CC(CN)Nc1cncc2nnnn12. The van der Waals surface area contributed by atoms with Gasteiger partial charge in [0.25, 0.3) is 0 Å². The van der Waals surface area contributed by atoms with E-state index in [0.717, 1.165) is 12.2 Å². The fourth-order valence-electron chi connectivity index (χ4n) is 1.77. The van der Waals surface area contributed by atoms with E-state index in [-0.39, 0.29) is 6.04 Å². The fraction of sp³-hybridized carbons (Fsp3) is 0.600. The first-order chi connectivity index (χ1) is 8.20. The number of aromatic nitrogens is 5. The maximum atomic E-state index is 5.74. The van der Waals surface area contributed by atoms with E-state index in [9.17, 15) is 0 Å². The summed E-state index contributed by atoms with van der Waals surface area (Å²) >= 11 is 0. The van der Waals surface area contributed by atoms with Gasteiger partial charge in [-0.25, -0.2) is 0 Å². The number of anilines is 1. The third-order valence-electron chi connectivity index (χ3n) is 2.50. The van der Waals surface area contributed by atoms with Gasteiger partial charge >= 0.3 is 0 Å². The molecular formula is C10H17N7. The van der Waals surface area contributed by atoms with Gasteiger partial charge in [-0.2, -0.15) is 4.52 Å². The highest BCUT2D eigenvalue weighted by Gasteiger charge is 2.11. The molecule has 0 aliphatic rings. The first kappa shape index (κ1) is 11.7. The van der Waals surface area contributed by atoms with E-state index in [1.54, 1.807) is 16.9 Å². The van der Waals surface area contributed by atoms with Crippen LogP contribution in [0.5, 0.6) is 0 Å². The van der Waals surface area contributed by atoms with Gasteiger partial charge in [-0.1, -0.05) is 13.8 Å². The van der Waals surface area contributed by atoms with Crippen LogP contribution in [0.1, 0.15) is 20.3 Å². The molecule has 0 aliphatic carbocycles. The molecule has 2 heterocycles. The molecule has 0 aliphatic heterocycles. The summed E-state index contributed by atoms with van der Waals surface area (Å²) in [6, 6.07) is 0.201. The molecule has 0 saturated heterocycles. The van der Waals surface area contributed by atoms with Crippen molar-refractivity contribution >= 4 is 11.5 Å². The number of nitrogens with one attached hydrogen (secondary N) is 1. The number of rotatable bonds is 5. The molecule has 0 bridgehead atoms. The third-order valence-corrected chi connectivity index (χ3v) is 2.50. The molecule has 2 aromatic heterocycles. The van der Waals surface area contributed by atoms with Crippen molar-refractivity contribution in [3.8, 4) is 0 Å². The van der Waals surface area contributed by atoms with Gasteiger partial charge in [0, 0.05) is 12.6 Å². The molecular weight excluding hydrogens is 218 g/mol. The van der Waals surface area contributed by atoms with Crippen LogP contribution in [-0.4, -0.2) is 37.6 Å². The van der Waals surface area contributed by atoms with Crippen molar-refractivity contribution in [2.75, 3.05) is 11.9 Å². The van der Waals surface area contributed by atoms with Gasteiger partial charge in [0.15, 0.2) is 11.5 Å². The van der Waals surface area contributed by atoms with Crippen LogP contribution < -0.4 is 11.1 Å². The Morgan fingerprint density at radius 2 is 2.24 bits per heavy atom. The van der Waals surface area contributed by atoms with Gasteiger partial charge in [0.2, 0.25) is 0 Å². The van der Waals surface area contributed by atoms with Gasteiger partial charge in [-0.15, -0.1) is 5.10 Å². The second-order valence-electron chi connectivity index (χ2n) is 4.45. The van der Waals surface area contributed by atoms with Crippen molar-refractivity contribution in [2.24, 2.45) is 11.7 Å². The summed E-state index contributed by atoms with van der Waals surface area (Å²) in [6.07, 6.45) is 4.31. The van der Waals surface area contributed by atoms with E-state index in [1.165, 1.54) is 0 Å². The van der Waals surface area contributed by atoms with Gasteiger partial charge in [0.05, 0.1) is 12.4 Å². The molecule has 1 atom stereocenters. The van der Waals surface area contributed by atoms with Crippen LogP contribution in [0, 0.1) is 5.92 Å². The van der Waals surface area contributed by atoms with E-state index >= 15 is 0 Å². The predicted octanol–water partition coefficient (Wildman–Crippen LogP) is 0.305. The minimum Gasteiger partial charge on any atom is -0.365 e. The summed E-state index contributed by atoms with van der Waals surface area (Å²) in [5.41, 5.74) is 6.37. The number of nitrogens with two attached hydrogens (primary N) is 1. The molecule has 0 fully saturated rings. The summed E-state index contributed by atoms with van der Waals surface area (Å²) in [5, 5.41) is 14.7. The Morgan fingerprint density at radius 3 is 2.94 bits per heavy atom. The molecule has 0 spiro atoms. The zero-order valence-corrected chi connectivity index (χ0v) is 10.0. The van der Waals surface area contributed by atoms with Crippen LogP contribution in [0.15, 0.2) is 12.4 Å². The number of fused-ring (bicyclic) bond motifs is 1. The van der Waals surface area contributed by atoms with Crippen LogP contribution in [-0.2, 0) is 0 Å². The van der Waals surface area contributed by atoms with Crippen LogP contribution in [0.3, 0.4) is 0 Å². The van der Waals surface area contributed by atoms with Gasteiger partial charge in [-0.05, 0) is 22.8 Å². The molecule has 7 heteroatoms. The van der Waals surface area contributed by atoms with Crippen molar-refractivity contribution in [1.29, 1.82) is 0 Å². The lowest BCUT2D eigenvalue weighted by atomic mass is 10.0. The minimum atomic E-state index is 0.201. The predicted molar refractivity (Wildman–Crippen MR) is 64.5 cm³/mol. The minimum absolute atomic E-state index is 0.201. The van der Waals surface area contributed by atoms with Crippen molar-refractivity contribution in [3.63, 3.8) is 0 Å². The lowest BCUT2D eigenvalue weighted by Gasteiger charge is -2.19. The van der Waals surface area contributed by atoms with Gasteiger partial charge in [0.1, 0.15) is 0 Å². The third kappa shape index (κ3) is 2.68. The number of hydrogen-bond donors (Lipinski definition) is 2. The molecule has 0 aromatic carbocycles. The van der Waals surface area contributed by atoms with E-state index in [4.69, 9.17) is 5.73 Å². The lowest BCUT2D eigenvalue weighted by Crippen LogP contribution is -2.31. The van der Waals surface area contributed by atoms with E-state index < -0.39 is 0 Å². The van der Waals surface area contributed by atoms with E-state index in [2.05, 4.69) is 39.7 Å². The average Bonchev–Trinajstić information content (AvgIpc) is 2.76. The molecule has 92 valence electrons. The Labute approximate surface area is 99.4 Å². The molecule has 0 saturated carbocycles. The highest BCUT2D eigenvalue weighted by atomic mass is 15.5. The Hall–Kier alpha value is -1.76. The Balaban J connectivity index is 2.19. The zero-order valence-electron chi connectivity index (χ0n) is 10.0. The molecule has 2 rings (SSSR count). The van der Waals surface area contributed by atoms with Crippen molar-refractivity contribution in [3.05, 3.63) is 12.4 Å². The summed E-state index contributed by atoms with van der Waals surface area (Å²) in [7, 11) is 0. The topological polar surface area (TPSA) is 94.0 Å². The molecule has 2 aromatic rings. The monoisotopic (exact) mass is 235 g/mol. The largest absolute Gasteiger partial charge is 0.365 e. The standard InChI is InChI=1S/C10H17N7/c1-7(2)3-8(4-11)13-9-5-12-6-10-14-15-16-17(9)10/h5-8,13H,3-4,11H2,1-2H3. The van der Waals surface area contributed by atoms with Crippen LogP contribution >= 0.6 is 0 Å². The lowest BCUT2D eigenvalue weighted by molar-refractivity contribution is 0.519. The Bertz CT molecular complexity index is 478. The van der Waals surface area contributed by atoms with Crippen molar-refractivity contribution in [2.45, 2.75) is 26.3 Å². The van der Waals surface area contributed by atoms with Crippen LogP contribution in [0.4, 0.5) is 5.82 Å². The molecule has 3 N–H and O–H groups in total. The maximum Gasteiger partial charge on any atom is 0.199 e. The first-order valence-corrected chi connectivity index (χ1v) is 5.69. The Morgan fingerprint density at radius 1 is 1.41 bits per heavy atom. The van der Waals surface area contributed by atoms with Gasteiger partial charge in [-0.3, -0.25) is 4.98 Å². The van der Waals surface area contributed by atoms with E-state index in [1.807, 2.05) is 0 Å². The average molecular weight is 235 g/mol. The second-order valence-corrected chi connectivity index (χ2v) is 4.45. The second kappa shape index (κ2) is 5.05. The smallest absolute Gasteiger partial charge is 0.199 e. The van der Waals surface area contributed by atoms with Crippen molar-refractivity contribution < 1.29 is 0 Å². The van der Waals surface area contributed by atoms with Crippen molar-refractivity contribution in [1.82, 2.24) is 25.0 Å². The Kier molecular flexibility index (Phi) is 3.48. The highest BCUT2D eigenvalue weighted by molar-refractivity contribution is 5.44. The molecule has 17 heavy (non-hydrogen) atoms. The number of hydrogen-bond acceptors (Lipinski definition) is 6. The molecule has 1 unspecified atom stereocenters. The van der Waals surface area contributed by atoms with Crippen LogP contribution in [0.2, 0.25) is 0 Å². The summed E-state index contributed by atoms with van der Waals surface area (Å²) in [6.45, 7) is 4.90. The quantitative estimate of drug-likeness (QED) is 0.774. The summed E-state index contributed by atoms with van der Waals surface area (Å²) in [5.74, 6) is 1.35. The summed E-state index contributed by atoms with van der Waals surface area (Å²) < 4.78 is 1.62. The molecule has 7 nitrogen and oxygen atoms in total. The normalized spacial score (nSPS) is 13.2. The maximum absolute atomic E-state index is 5.74. The number of nitrogens with zero attached hydrogens (tertiary/aromatic N) is 5.